The summed E-state index contributed by atoms with van der Waals surface area (Å²) in [5, 5.41) is 3.15. The molecule has 0 spiro atoms. The summed E-state index contributed by atoms with van der Waals surface area (Å²) in [4.78, 5) is 12.4. The van der Waals surface area contributed by atoms with E-state index in [1.165, 1.54) is 11.8 Å². The van der Waals surface area contributed by atoms with Crippen LogP contribution in [0.2, 0.25) is 5.02 Å². The van der Waals surface area contributed by atoms with Gasteiger partial charge in [0.05, 0.1) is 4.91 Å². The molecule has 1 amide bonds. The number of aryl methyl sites for hydroxylation is 1. The summed E-state index contributed by atoms with van der Waals surface area (Å²) in [6.45, 7) is 2.77. The Balaban J connectivity index is 1.66. The predicted octanol–water partition coefficient (Wildman–Crippen LogP) is 4.60. The van der Waals surface area contributed by atoms with E-state index in [2.05, 4.69) is 5.32 Å². The molecule has 0 aliphatic carbocycles. The zero-order chi connectivity index (χ0) is 18.5. The van der Waals surface area contributed by atoms with Crippen LogP contribution in [0.3, 0.4) is 0 Å². The maximum absolute atomic E-state index is 11.9. The molecule has 1 N–H and O–H groups in total. The third-order valence-corrected chi connectivity index (χ3v) is 4.99. The van der Waals surface area contributed by atoms with Gasteiger partial charge in [0.25, 0.3) is 5.91 Å². The molecule has 0 aromatic heterocycles. The van der Waals surface area contributed by atoms with Crippen molar-refractivity contribution in [1.29, 1.82) is 0 Å². The largest absolute Gasteiger partial charge is 0.490 e. The second kappa shape index (κ2) is 8.58. The first-order chi connectivity index (χ1) is 12.5. The van der Waals surface area contributed by atoms with Gasteiger partial charge in [0, 0.05) is 10.6 Å². The lowest BCUT2D eigenvalue weighted by Crippen LogP contribution is -2.17. The minimum absolute atomic E-state index is 0.214. The number of nitrogens with one attached hydrogen (secondary N) is 1. The molecule has 4 nitrogen and oxygen atoms in total. The van der Waals surface area contributed by atoms with Crippen molar-refractivity contribution in [2.45, 2.75) is 6.92 Å². The van der Waals surface area contributed by atoms with Gasteiger partial charge in [-0.05, 0) is 42.8 Å². The third-order valence-electron chi connectivity index (χ3n) is 3.59. The molecule has 2 aromatic rings. The Kier molecular flexibility index (Phi) is 6.19. The van der Waals surface area contributed by atoms with E-state index < -0.39 is 0 Å². The maximum Gasteiger partial charge on any atom is 0.263 e. The number of thioether (sulfide) groups is 1. The van der Waals surface area contributed by atoms with Crippen LogP contribution in [-0.4, -0.2) is 23.4 Å². The standard InChI is InChI=1S/C19H16ClNO3S2/c1-12-4-2-3-5-15(12)23-8-9-24-16-7-6-14(20)10-13(16)11-17-18(22)21-19(25)26-17/h2-7,10-11H,8-9H2,1H3,(H,21,22,25). The fourth-order valence-electron chi connectivity index (χ4n) is 2.35. The highest BCUT2D eigenvalue weighted by Crippen LogP contribution is 2.31. The summed E-state index contributed by atoms with van der Waals surface area (Å²) in [6, 6.07) is 13.1. The van der Waals surface area contributed by atoms with Gasteiger partial charge in [0.1, 0.15) is 29.0 Å². The SMILES string of the molecule is Cc1ccccc1OCCOc1ccc(Cl)cc1C=C1SC(=S)NC1=O. The number of para-hydroxylation sites is 1. The van der Waals surface area contributed by atoms with Crippen LogP contribution >= 0.6 is 35.6 Å². The molecule has 134 valence electrons. The van der Waals surface area contributed by atoms with E-state index in [0.29, 0.717) is 33.2 Å². The molecule has 3 rings (SSSR count). The summed E-state index contributed by atoms with van der Waals surface area (Å²) in [5.41, 5.74) is 1.79. The second-order valence-corrected chi connectivity index (χ2v) is 7.65. The lowest BCUT2D eigenvalue weighted by atomic mass is 10.2. The van der Waals surface area contributed by atoms with Gasteiger partial charge < -0.3 is 14.8 Å². The van der Waals surface area contributed by atoms with Crippen molar-refractivity contribution < 1.29 is 14.3 Å². The summed E-state index contributed by atoms with van der Waals surface area (Å²) < 4.78 is 12.0. The minimum Gasteiger partial charge on any atom is -0.490 e. The van der Waals surface area contributed by atoms with Crippen LogP contribution in [0.5, 0.6) is 11.5 Å². The molecule has 1 aliphatic heterocycles. The van der Waals surface area contributed by atoms with Gasteiger partial charge in [0.2, 0.25) is 0 Å². The molecule has 0 saturated carbocycles. The number of thiocarbonyl (C=S) groups is 1. The van der Waals surface area contributed by atoms with Crippen molar-refractivity contribution in [2.75, 3.05) is 13.2 Å². The number of benzene rings is 2. The Bertz CT molecular complexity index is 883. The van der Waals surface area contributed by atoms with Gasteiger partial charge in [-0.2, -0.15) is 0 Å². The van der Waals surface area contributed by atoms with E-state index in [-0.39, 0.29) is 5.91 Å². The Morgan fingerprint density at radius 1 is 1.15 bits per heavy atom. The summed E-state index contributed by atoms with van der Waals surface area (Å²) >= 11 is 12.3. The van der Waals surface area contributed by atoms with E-state index in [4.69, 9.17) is 33.3 Å². The number of carbonyl (C=O) groups excluding carboxylic acids is 1. The fourth-order valence-corrected chi connectivity index (χ4v) is 3.56. The molecule has 0 unspecified atom stereocenters. The van der Waals surface area contributed by atoms with Gasteiger partial charge in [-0.1, -0.05) is 53.8 Å². The number of ether oxygens (including phenoxy) is 2. The highest BCUT2D eigenvalue weighted by atomic mass is 35.5. The number of hydrogen-bond donors (Lipinski definition) is 1. The van der Waals surface area contributed by atoms with Gasteiger partial charge in [-0.3, -0.25) is 4.79 Å². The first-order valence-corrected chi connectivity index (χ1v) is 9.49. The minimum atomic E-state index is -0.214. The molecule has 1 saturated heterocycles. The van der Waals surface area contributed by atoms with Crippen LogP contribution in [-0.2, 0) is 4.79 Å². The Morgan fingerprint density at radius 3 is 2.58 bits per heavy atom. The Morgan fingerprint density at radius 2 is 1.88 bits per heavy atom. The van der Waals surface area contributed by atoms with Crippen molar-refractivity contribution in [3.8, 4) is 11.5 Å². The molecule has 1 fully saturated rings. The topological polar surface area (TPSA) is 47.6 Å². The van der Waals surface area contributed by atoms with E-state index in [9.17, 15) is 4.79 Å². The van der Waals surface area contributed by atoms with Crippen LogP contribution in [0.1, 0.15) is 11.1 Å². The molecule has 2 aromatic carbocycles. The van der Waals surface area contributed by atoms with Crippen molar-refractivity contribution in [2.24, 2.45) is 0 Å². The molecule has 0 bridgehead atoms. The van der Waals surface area contributed by atoms with Crippen molar-refractivity contribution in [3.63, 3.8) is 0 Å². The van der Waals surface area contributed by atoms with Crippen LogP contribution in [0.15, 0.2) is 47.4 Å². The summed E-state index contributed by atoms with van der Waals surface area (Å²) in [5.74, 6) is 1.25. The smallest absolute Gasteiger partial charge is 0.263 e. The van der Waals surface area contributed by atoms with Crippen LogP contribution in [0, 0.1) is 6.92 Å². The van der Waals surface area contributed by atoms with Gasteiger partial charge >= 0.3 is 0 Å². The average Bonchev–Trinajstić information content (AvgIpc) is 2.92. The zero-order valence-corrected chi connectivity index (χ0v) is 16.3. The molecular weight excluding hydrogens is 390 g/mol. The van der Waals surface area contributed by atoms with Crippen LogP contribution in [0.25, 0.3) is 6.08 Å². The first kappa shape index (κ1) is 18.8. The summed E-state index contributed by atoms with van der Waals surface area (Å²) in [7, 11) is 0. The van der Waals surface area contributed by atoms with Gasteiger partial charge in [-0.25, -0.2) is 0 Å². The average molecular weight is 406 g/mol. The molecule has 0 radical (unpaired) electrons. The summed E-state index contributed by atoms with van der Waals surface area (Å²) in [6.07, 6.45) is 1.72. The highest BCUT2D eigenvalue weighted by molar-refractivity contribution is 8.26. The molecule has 1 aliphatic rings. The zero-order valence-electron chi connectivity index (χ0n) is 14.0. The number of halogens is 1. The molecule has 7 heteroatoms. The number of hydrogen-bond acceptors (Lipinski definition) is 5. The molecular formula is C19H16ClNO3S2. The van der Waals surface area contributed by atoms with Gasteiger partial charge in [-0.15, -0.1) is 0 Å². The van der Waals surface area contributed by atoms with E-state index >= 15 is 0 Å². The molecule has 1 heterocycles. The first-order valence-electron chi connectivity index (χ1n) is 7.88. The normalized spacial score (nSPS) is 15.2. The fraction of sp³-hybridized carbons (Fsp3) is 0.158. The molecule has 0 atom stereocenters. The second-order valence-electron chi connectivity index (χ2n) is 5.50. The lowest BCUT2D eigenvalue weighted by molar-refractivity contribution is -0.115. The predicted molar refractivity (Wildman–Crippen MR) is 110 cm³/mol. The Hall–Kier alpha value is -2.02. The van der Waals surface area contributed by atoms with Gasteiger partial charge in [0.15, 0.2) is 0 Å². The van der Waals surface area contributed by atoms with Crippen molar-refractivity contribution in [1.82, 2.24) is 5.32 Å². The van der Waals surface area contributed by atoms with E-state index in [0.717, 1.165) is 16.9 Å². The van der Waals surface area contributed by atoms with Crippen LogP contribution in [0.4, 0.5) is 0 Å². The molecule has 26 heavy (non-hydrogen) atoms. The monoisotopic (exact) mass is 405 g/mol. The van der Waals surface area contributed by atoms with Crippen molar-refractivity contribution >= 4 is 51.9 Å². The third kappa shape index (κ3) is 4.78. The highest BCUT2D eigenvalue weighted by Gasteiger charge is 2.22. The van der Waals surface area contributed by atoms with E-state index in [1.807, 2.05) is 31.2 Å². The lowest BCUT2D eigenvalue weighted by Gasteiger charge is -2.12. The van der Waals surface area contributed by atoms with E-state index in [1.54, 1.807) is 24.3 Å². The number of amides is 1. The number of rotatable bonds is 6. The maximum atomic E-state index is 11.9. The van der Waals surface area contributed by atoms with Crippen molar-refractivity contribution in [3.05, 3.63) is 63.5 Å². The Labute approximate surface area is 166 Å². The quantitative estimate of drug-likeness (QED) is 0.432. The van der Waals surface area contributed by atoms with Crippen LogP contribution < -0.4 is 14.8 Å². The number of carbonyl (C=O) groups is 1.